The van der Waals surface area contributed by atoms with Crippen molar-refractivity contribution in [1.29, 1.82) is 0 Å². The first-order valence-electron chi connectivity index (χ1n) is 4.32. The molecule has 0 aromatic heterocycles. The highest BCUT2D eigenvalue weighted by molar-refractivity contribution is 4.84. The van der Waals surface area contributed by atoms with Crippen LogP contribution < -0.4 is 0 Å². The van der Waals surface area contributed by atoms with Crippen molar-refractivity contribution in [2.45, 2.75) is 32.6 Å². The van der Waals surface area contributed by atoms with Crippen LogP contribution in [0.25, 0.3) is 0 Å². The average molecular weight is 154 g/mol. The van der Waals surface area contributed by atoms with E-state index in [1.54, 1.807) is 6.08 Å². The summed E-state index contributed by atoms with van der Waals surface area (Å²) in [5, 5.41) is 8.41. The Hall–Kier alpha value is -0.560. The minimum Gasteiger partial charge on any atom is -0.392 e. The summed E-state index contributed by atoms with van der Waals surface area (Å²) in [6.07, 6.45) is 12.8. The molecule has 0 aromatic rings. The van der Waals surface area contributed by atoms with Crippen LogP contribution in [0.3, 0.4) is 0 Å². The highest BCUT2D eigenvalue weighted by Crippen LogP contribution is 1.98. The van der Waals surface area contributed by atoms with Gasteiger partial charge in [0, 0.05) is 0 Å². The van der Waals surface area contributed by atoms with Gasteiger partial charge in [-0.05, 0) is 25.7 Å². The van der Waals surface area contributed by atoms with Gasteiger partial charge in [0.1, 0.15) is 0 Å². The number of hydrogen-bond donors (Lipinski definition) is 1. The van der Waals surface area contributed by atoms with E-state index in [1.807, 2.05) is 6.08 Å². The summed E-state index contributed by atoms with van der Waals surface area (Å²) in [5.74, 6) is 0. The van der Waals surface area contributed by atoms with Crippen LogP contribution in [-0.2, 0) is 0 Å². The van der Waals surface area contributed by atoms with Crippen LogP contribution in [0.15, 0.2) is 24.3 Å². The molecule has 0 aliphatic carbocycles. The minimum atomic E-state index is 0.171. The lowest BCUT2D eigenvalue weighted by Gasteiger charge is -1.88. The van der Waals surface area contributed by atoms with Crippen molar-refractivity contribution in [2.75, 3.05) is 6.61 Å². The van der Waals surface area contributed by atoms with Crippen molar-refractivity contribution in [3.8, 4) is 0 Å². The number of aliphatic hydroxyl groups excluding tert-OH is 1. The van der Waals surface area contributed by atoms with Crippen LogP contribution in [-0.4, -0.2) is 11.7 Å². The van der Waals surface area contributed by atoms with Gasteiger partial charge in [0.05, 0.1) is 6.61 Å². The first-order chi connectivity index (χ1) is 5.41. The molecule has 0 heterocycles. The summed E-state index contributed by atoms with van der Waals surface area (Å²) < 4.78 is 0. The lowest BCUT2D eigenvalue weighted by Crippen LogP contribution is -1.72. The number of allylic oxidation sites excluding steroid dienone is 3. The standard InChI is InChI=1S/C10H18O/c1-2-3-4-5-6-7-8-9-10-11/h3-4,8-9,11H,2,5-7,10H2,1H3/b4-3-,9-8+. The Balaban J connectivity index is 3.02. The fourth-order valence-electron chi connectivity index (χ4n) is 0.830. The number of rotatable bonds is 6. The molecule has 1 nitrogen and oxygen atoms in total. The quantitative estimate of drug-likeness (QED) is 0.460. The fourth-order valence-corrected chi connectivity index (χ4v) is 0.830. The third-order valence-corrected chi connectivity index (χ3v) is 1.42. The van der Waals surface area contributed by atoms with Crippen LogP contribution in [0.5, 0.6) is 0 Å². The molecule has 1 N–H and O–H groups in total. The first kappa shape index (κ1) is 10.4. The maximum absolute atomic E-state index is 8.41. The van der Waals surface area contributed by atoms with Crippen molar-refractivity contribution in [2.24, 2.45) is 0 Å². The van der Waals surface area contributed by atoms with E-state index in [2.05, 4.69) is 19.1 Å². The predicted molar refractivity (Wildman–Crippen MR) is 49.5 cm³/mol. The molecule has 0 atom stereocenters. The zero-order chi connectivity index (χ0) is 8.36. The lowest BCUT2D eigenvalue weighted by molar-refractivity contribution is 0.342. The fraction of sp³-hybridized carbons (Fsp3) is 0.600. The Bertz CT molecular complexity index is 100. The molecule has 0 aliphatic rings. The number of aliphatic hydroxyl groups is 1. The largest absolute Gasteiger partial charge is 0.392 e. The molecule has 0 aromatic carbocycles. The molecule has 64 valence electrons. The molecule has 0 spiro atoms. The second-order valence-electron chi connectivity index (χ2n) is 2.46. The second kappa shape index (κ2) is 9.44. The second-order valence-corrected chi connectivity index (χ2v) is 2.46. The van der Waals surface area contributed by atoms with E-state index in [9.17, 15) is 0 Å². The van der Waals surface area contributed by atoms with Gasteiger partial charge >= 0.3 is 0 Å². The van der Waals surface area contributed by atoms with Gasteiger partial charge in [-0.3, -0.25) is 0 Å². The van der Waals surface area contributed by atoms with Gasteiger partial charge in [-0.15, -0.1) is 0 Å². The van der Waals surface area contributed by atoms with Crippen molar-refractivity contribution in [3.63, 3.8) is 0 Å². The van der Waals surface area contributed by atoms with Crippen LogP contribution >= 0.6 is 0 Å². The van der Waals surface area contributed by atoms with Crippen LogP contribution in [0, 0.1) is 0 Å². The molecule has 0 bridgehead atoms. The maximum Gasteiger partial charge on any atom is 0.0612 e. The Labute approximate surface area is 69.4 Å². The Morgan fingerprint density at radius 2 is 1.64 bits per heavy atom. The highest BCUT2D eigenvalue weighted by Gasteiger charge is 1.78. The third-order valence-electron chi connectivity index (χ3n) is 1.42. The Kier molecular flexibility index (Phi) is 8.96. The minimum absolute atomic E-state index is 0.171. The van der Waals surface area contributed by atoms with Crippen LogP contribution in [0.1, 0.15) is 32.6 Å². The van der Waals surface area contributed by atoms with Gasteiger partial charge in [0.15, 0.2) is 0 Å². The monoisotopic (exact) mass is 154 g/mol. The summed E-state index contributed by atoms with van der Waals surface area (Å²) in [6.45, 7) is 2.31. The molecule has 11 heavy (non-hydrogen) atoms. The number of unbranched alkanes of at least 4 members (excludes halogenated alkanes) is 2. The molecular weight excluding hydrogens is 136 g/mol. The van der Waals surface area contributed by atoms with Gasteiger partial charge in [0.2, 0.25) is 0 Å². The zero-order valence-electron chi connectivity index (χ0n) is 7.29. The first-order valence-corrected chi connectivity index (χ1v) is 4.32. The van der Waals surface area contributed by atoms with E-state index in [0.717, 1.165) is 19.3 Å². The smallest absolute Gasteiger partial charge is 0.0612 e. The highest BCUT2D eigenvalue weighted by atomic mass is 16.2. The molecule has 0 radical (unpaired) electrons. The third kappa shape index (κ3) is 9.44. The topological polar surface area (TPSA) is 20.2 Å². The summed E-state index contributed by atoms with van der Waals surface area (Å²) in [6, 6.07) is 0. The summed E-state index contributed by atoms with van der Waals surface area (Å²) >= 11 is 0. The van der Waals surface area contributed by atoms with Crippen LogP contribution in [0.2, 0.25) is 0 Å². The SMILES string of the molecule is CC/C=C\CCC/C=C/CO. The molecule has 0 fully saturated rings. The van der Waals surface area contributed by atoms with E-state index in [4.69, 9.17) is 5.11 Å². The molecule has 0 saturated heterocycles. The normalized spacial score (nSPS) is 11.8. The van der Waals surface area contributed by atoms with E-state index in [0.29, 0.717) is 0 Å². The van der Waals surface area contributed by atoms with Crippen LogP contribution in [0.4, 0.5) is 0 Å². The van der Waals surface area contributed by atoms with E-state index in [-0.39, 0.29) is 6.61 Å². The molecule has 1 heteroatoms. The predicted octanol–water partition coefficient (Wildman–Crippen LogP) is 2.67. The van der Waals surface area contributed by atoms with Gasteiger partial charge in [0.25, 0.3) is 0 Å². The van der Waals surface area contributed by atoms with Crippen molar-refractivity contribution >= 4 is 0 Å². The van der Waals surface area contributed by atoms with Crippen molar-refractivity contribution in [3.05, 3.63) is 24.3 Å². The van der Waals surface area contributed by atoms with Gasteiger partial charge in [-0.2, -0.15) is 0 Å². The van der Waals surface area contributed by atoms with Gasteiger partial charge < -0.3 is 5.11 Å². The Morgan fingerprint density at radius 3 is 2.18 bits per heavy atom. The molecule has 0 rings (SSSR count). The average Bonchev–Trinajstić information content (AvgIpc) is 2.03. The zero-order valence-corrected chi connectivity index (χ0v) is 7.29. The summed E-state index contributed by atoms with van der Waals surface area (Å²) in [4.78, 5) is 0. The molecule has 0 aliphatic heterocycles. The van der Waals surface area contributed by atoms with Crippen molar-refractivity contribution in [1.82, 2.24) is 0 Å². The molecule has 0 unspecified atom stereocenters. The summed E-state index contributed by atoms with van der Waals surface area (Å²) in [5.41, 5.74) is 0. The van der Waals surface area contributed by atoms with E-state index >= 15 is 0 Å². The van der Waals surface area contributed by atoms with Gasteiger partial charge in [-0.1, -0.05) is 31.2 Å². The maximum atomic E-state index is 8.41. The van der Waals surface area contributed by atoms with Crippen molar-refractivity contribution < 1.29 is 5.11 Å². The van der Waals surface area contributed by atoms with E-state index in [1.165, 1.54) is 6.42 Å². The van der Waals surface area contributed by atoms with E-state index < -0.39 is 0 Å². The molecular formula is C10H18O. The molecule has 0 saturated carbocycles. The van der Waals surface area contributed by atoms with Gasteiger partial charge in [-0.25, -0.2) is 0 Å². The number of hydrogen-bond acceptors (Lipinski definition) is 1. The lowest BCUT2D eigenvalue weighted by atomic mass is 10.2. The Morgan fingerprint density at radius 1 is 1.00 bits per heavy atom. The summed E-state index contributed by atoms with van der Waals surface area (Å²) in [7, 11) is 0. The molecule has 0 amide bonds.